The highest BCUT2D eigenvalue weighted by molar-refractivity contribution is 7.98. The Morgan fingerprint density at radius 3 is 2.59 bits per heavy atom. The van der Waals surface area contributed by atoms with Crippen molar-refractivity contribution in [3.63, 3.8) is 0 Å². The van der Waals surface area contributed by atoms with E-state index in [1.807, 2.05) is 6.07 Å². The topological polar surface area (TPSA) is 122 Å². The first-order chi connectivity index (χ1) is 13.0. The summed E-state index contributed by atoms with van der Waals surface area (Å²) >= 11 is 1.15. The second-order valence-corrected chi connectivity index (χ2v) is 6.06. The highest BCUT2D eigenvalue weighted by Crippen LogP contribution is 2.35. The van der Waals surface area contributed by atoms with Gasteiger partial charge in [-0.1, -0.05) is 30.0 Å². The summed E-state index contributed by atoms with van der Waals surface area (Å²) in [5.41, 5.74) is -1.26. The molecule has 0 amide bonds. The molecule has 9 heteroatoms. The number of nitro benzene ring substituents is 1. The molecule has 1 aromatic heterocycles. The SMILES string of the molecule is CSc1nc(-c2cc(Oc3ccccc3)ccc2[N+](=O)[O-])c(C#N)c(=O)[nH]1. The molecule has 0 atom stereocenters. The largest absolute Gasteiger partial charge is 0.457 e. The second-order valence-electron chi connectivity index (χ2n) is 5.26. The average molecular weight is 380 g/mol. The van der Waals surface area contributed by atoms with Crippen LogP contribution in [0.1, 0.15) is 5.56 Å². The zero-order chi connectivity index (χ0) is 19.4. The molecule has 1 N–H and O–H groups in total. The van der Waals surface area contributed by atoms with Gasteiger partial charge in [0, 0.05) is 6.07 Å². The van der Waals surface area contributed by atoms with Gasteiger partial charge in [-0.25, -0.2) is 4.98 Å². The van der Waals surface area contributed by atoms with E-state index < -0.39 is 10.5 Å². The molecular weight excluding hydrogens is 368 g/mol. The predicted molar refractivity (Wildman–Crippen MR) is 100.0 cm³/mol. The first-order valence-electron chi connectivity index (χ1n) is 7.63. The summed E-state index contributed by atoms with van der Waals surface area (Å²) in [5, 5.41) is 21.1. The van der Waals surface area contributed by atoms with Gasteiger partial charge in [0.1, 0.15) is 28.8 Å². The molecular formula is C18H12N4O4S. The van der Waals surface area contributed by atoms with Crippen molar-refractivity contribution in [2.45, 2.75) is 5.16 Å². The fourth-order valence-electron chi connectivity index (χ4n) is 2.40. The summed E-state index contributed by atoms with van der Waals surface area (Å²) in [5.74, 6) is 0.861. The molecule has 0 saturated carbocycles. The fraction of sp³-hybridized carbons (Fsp3) is 0.0556. The van der Waals surface area contributed by atoms with Crippen LogP contribution in [0.2, 0.25) is 0 Å². The maximum atomic E-state index is 12.1. The third kappa shape index (κ3) is 3.80. The van der Waals surface area contributed by atoms with Gasteiger partial charge in [0.25, 0.3) is 11.2 Å². The van der Waals surface area contributed by atoms with Gasteiger partial charge in [-0.3, -0.25) is 14.9 Å². The maximum absolute atomic E-state index is 12.1. The van der Waals surface area contributed by atoms with Crippen molar-refractivity contribution < 1.29 is 9.66 Å². The zero-order valence-corrected chi connectivity index (χ0v) is 14.8. The zero-order valence-electron chi connectivity index (χ0n) is 14.0. The third-order valence-corrected chi connectivity index (χ3v) is 4.18. The van der Waals surface area contributed by atoms with E-state index >= 15 is 0 Å². The lowest BCUT2D eigenvalue weighted by Gasteiger charge is -2.09. The molecule has 3 aromatic rings. The third-order valence-electron chi connectivity index (χ3n) is 3.60. The molecule has 0 aliphatic carbocycles. The van der Waals surface area contributed by atoms with Gasteiger partial charge in [0.05, 0.1) is 10.5 Å². The van der Waals surface area contributed by atoms with E-state index in [1.165, 1.54) is 18.2 Å². The molecule has 0 aliphatic rings. The van der Waals surface area contributed by atoms with Gasteiger partial charge in [0.15, 0.2) is 5.16 Å². The number of H-pyrrole nitrogens is 1. The van der Waals surface area contributed by atoms with E-state index in [9.17, 15) is 20.2 Å². The highest BCUT2D eigenvalue weighted by Gasteiger charge is 2.23. The van der Waals surface area contributed by atoms with E-state index in [-0.39, 0.29) is 27.7 Å². The number of ether oxygens (including phenoxy) is 1. The van der Waals surface area contributed by atoms with Gasteiger partial charge in [-0.2, -0.15) is 5.26 Å². The number of hydrogen-bond donors (Lipinski definition) is 1. The average Bonchev–Trinajstić information content (AvgIpc) is 2.67. The Bertz CT molecular complexity index is 1110. The number of aromatic nitrogens is 2. The minimum absolute atomic E-state index is 0.0337. The monoisotopic (exact) mass is 380 g/mol. The second kappa shape index (κ2) is 7.72. The lowest BCUT2D eigenvalue weighted by atomic mass is 10.1. The summed E-state index contributed by atoms with van der Waals surface area (Å²) in [6.45, 7) is 0. The van der Waals surface area contributed by atoms with Crippen LogP contribution in [-0.2, 0) is 0 Å². The molecule has 8 nitrogen and oxygen atoms in total. The van der Waals surface area contributed by atoms with Crippen molar-refractivity contribution in [3.05, 3.63) is 74.6 Å². The van der Waals surface area contributed by atoms with Crippen LogP contribution in [0, 0.1) is 21.4 Å². The van der Waals surface area contributed by atoms with Gasteiger partial charge in [-0.15, -0.1) is 0 Å². The molecule has 134 valence electrons. The Hall–Kier alpha value is -3.64. The van der Waals surface area contributed by atoms with Crippen LogP contribution in [0.25, 0.3) is 11.3 Å². The summed E-state index contributed by atoms with van der Waals surface area (Å²) in [6.07, 6.45) is 1.69. The van der Waals surface area contributed by atoms with Crippen LogP contribution in [0.15, 0.2) is 58.5 Å². The van der Waals surface area contributed by atoms with Crippen molar-refractivity contribution >= 4 is 17.4 Å². The number of rotatable bonds is 5. The van der Waals surface area contributed by atoms with E-state index in [0.717, 1.165) is 11.8 Å². The number of thioether (sulfide) groups is 1. The number of nitro groups is 1. The van der Waals surface area contributed by atoms with Gasteiger partial charge in [-0.05, 0) is 30.5 Å². The van der Waals surface area contributed by atoms with Crippen molar-refractivity contribution in [2.75, 3.05) is 6.26 Å². The standard InChI is InChI=1S/C18H12N4O4S/c1-27-18-20-16(14(10-19)17(23)21-18)13-9-12(7-8-15(13)22(24)25)26-11-5-3-2-4-6-11/h2-9H,1H3,(H,20,21,23). The van der Waals surface area contributed by atoms with Crippen molar-refractivity contribution in [1.82, 2.24) is 9.97 Å². The predicted octanol–water partition coefficient (Wildman–Crippen LogP) is 3.73. The van der Waals surface area contributed by atoms with Gasteiger partial charge in [0.2, 0.25) is 0 Å². The first kappa shape index (κ1) is 18.2. The summed E-state index contributed by atoms with van der Waals surface area (Å²) in [6, 6.07) is 14.8. The summed E-state index contributed by atoms with van der Waals surface area (Å²) < 4.78 is 5.71. The molecule has 0 fully saturated rings. The Labute approximate surface area is 157 Å². The summed E-state index contributed by atoms with van der Waals surface area (Å²) in [4.78, 5) is 29.7. The van der Waals surface area contributed by atoms with Crippen LogP contribution in [0.4, 0.5) is 5.69 Å². The fourth-order valence-corrected chi connectivity index (χ4v) is 2.78. The number of nitrogens with one attached hydrogen (secondary N) is 1. The first-order valence-corrected chi connectivity index (χ1v) is 8.86. The van der Waals surface area contributed by atoms with E-state index in [2.05, 4.69) is 9.97 Å². The number of nitriles is 1. The highest BCUT2D eigenvalue weighted by atomic mass is 32.2. The minimum Gasteiger partial charge on any atom is -0.457 e. The lowest BCUT2D eigenvalue weighted by molar-refractivity contribution is -0.384. The van der Waals surface area contributed by atoms with Crippen molar-refractivity contribution in [1.29, 1.82) is 5.26 Å². The Kier molecular flexibility index (Phi) is 5.19. The van der Waals surface area contributed by atoms with Crippen LogP contribution >= 0.6 is 11.8 Å². The van der Waals surface area contributed by atoms with Crippen LogP contribution in [0.5, 0.6) is 11.5 Å². The molecule has 0 spiro atoms. The quantitative estimate of drug-likeness (QED) is 0.310. The number of aromatic amines is 1. The molecule has 0 radical (unpaired) electrons. The molecule has 27 heavy (non-hydrogen) atoms. The van der Waals surface area contributed by atoms with Crippen LogP contribution in [0.3, 0.4) is 0 Å². The Morgan fingerprint density at radius 2 is 1.96 bits per heavy atom. The number of benzene rings is 2. The van der Waals surface area contributed by atoms with Gasteiger partial charge < -0.3 is 9.72 Å². The van der Waals surface area contributed by atoms with E-state index in [0.29, 0.717) is 11.5 Å². The number of hydrogen-bond acceptors (Lipinski definition) is 7. The smallest absolute Gasteiger partial charge is 0.279 e. The van der Waals surface area contributed by atoms with Crippen molar-refractivity contribution in [2.24, 2.45) is 0 Å². The Balaban J connectivity index is 2.20. The normalized spacial score (nSPS) is 10.2. The molecule has 0 aliphatic heterocycles. The number of para-hydroxylation sites is 1. The van der Waals surface area contributed by atoms with Crippen LogP contribution in [-0.4, -0.2) is 21.1 Å². The molecule has 3 rings (SSSR count). The van der Waals surface area contributed by atoms with Crippen molar-refractivity contribution in [3.8, 4) is 28.8 Å². The summed E-state index contributed by atoms with van der Waals surface area (Å²) in [7, 11) is 0. The lowest BCUT2D eigenvalue weighted by Crippen LogP contribution is -2.15. The van der Waals surface area contributed by atoms with E-state index in [1.54, 1.807) is 36.6 Å². The van der Waals surface area contributed by atoms with E-state index in [4.69, 9.17) is 4.74 Å². The molecule has 0 saturated heterocycles. The Morgan fingerprint density at radius 1 is 1.22 bits per heavy atom. The number of nitrogens with zero attached hydrogens (tertiary/aromatic N) is 3. The molecule has 1 heterocycles. The minimum atomic E-state index is -0.657. The van der Waals surface area contributed by atoms with Crippen LogP contribution < -0.4 is 10.3 Å². The maximum Gasteiger partial charge on any atom is 0.279 e. The van der Waals surface area contributed by atoms with Gasteiger partial charge >= 0.3 is 0 Å². The molecule has 0 unspecified atom stereocenters. The molecule has 2 aromatic carbocycles. The molecule has 0 bridgehead atoms.